The van der Waals surface area contributed by atoms with Crippen LogP contribution in [0.3, 0.4) is 0 Å². The Morgan fingerprint density at radius 2 is 1.70 bits per heavy atom. The molecule has 0 radical (unpaired) electrons. The van der Waals surface area contributed by atoms with Crippen molar-refractivity contribution in [3.8, 4) is 0 Å². The summed E-state index contributed by atoms with van der Waals surface area (Å²) in [7, 11) is 0. The minimum atomic E-state index is -0.242. The van der Waals surface area contributed by atoms with Gasteiger partial charge in [0, 0.05) is 0 Å². The fraction of sp³-hybridized carbons (Fsp3) is 0.368. The van der Waals surface area contributed by atoms with Gasteiger partial charge in [0.1, 0.15) is 5.52 Å². The van der Waals surface area contributed by atoms with Crippen molar-refractivity contribution in [1.29, 1.82) is 0 Å². The standard InChI is InChI=1S/C19H23N3O/c1-19(2,3)23-18(14-13-15-9-5-4-6-10-15)22-17-12-8-7-11-16(17)20-21-22/h4-12,18H,13-14H2,1-3H3. The molecule has 0 aliphatic carbocycles. The molecule has 0 fully saturated rings. The zero-order chi connectivity index (χ0) is 16.3. The van der Waals surface area contributed by atoms with E-state index < -0.39 is 0 Å². The van der Waals surface area contributed by atoms with Gasteiger partial charge < -0.3 is 4.74 Å². The molecule has 0 N–H and O–H groups in total. The van der Waals surface area contributed by atoms with Gasteiger partial charge in [-0.1, -0.05) is 47.7 Å². The first kappa shape index (κ1) is 15.7. The Bertz CT molecular complexity index is 759. The first-order valence-corrected chi connectivity index (χ1v) is 8.05. The van der Waals surface area contributed by atoms with Crippen LogP contribution < -0.4 is 0 Å². The van der Waals surface area contributed by atoms with Gasteiger partial charge in [-0.2, -0.15) is 0 Å². The molecule has 0 bridgehead atoms. The molecule has 0 saturated heterocycles. The van der Waals surface area contributed by atoms with Crippen molar-refractivity contribution in [3.05, 3.63) is 60.2 Å². The van der Waals surface area contributed by atoms with Gasteiger partial charge in [0.25, 0.3) is 0 Å². The van der Waals surface area contributed by atoms with Crippen molar-refractivity contribution in [2.24, 2.45) is 0 Å². The number of aryl methyl sites for hydroxylation is 1. The van der Waals surface area contributed by atoms with Crippen molar-refractivity contribution < 1.29 is 4.74 Å². The highest BCUT2D eigenvalue weighted by Gasteiger charge is 2.22. The van der Waals surface area contributed by atoms with Crippen LogP contribution in [0.15, 0.2) is 54.6 Å². The minimum absolute atomic E-state index is 0.136. The zero-order valence-corrected chi connectivity index (χ0v) is 13.9. The lowest BCUT2D eigenvalue weighted by Gasteiger charge is -2.28. The molecule has 1 atom stereocenters. The van der Waals surface area contributed by atoms with Crippen LogP contribution >= 0.6 is 0 Å². The van der Waals surface area contributed by atoms with Gasteiger partial charge in [0.05, 0.1) is 11.1 Å². The quantitative estimate of drug-likeness (QED) is 0.702. The van der Waals surface area contributed by atoms with E-state index in [0.717, 1.165) is 23.9 Å². The van der Waals surface area contributed by atoms with Crippen LogP contribution in [0.25, 0.3) is 11.0 Å². The molecule has 3 aromatic rings. The third-order valence-electron chi connectivity index (χ3n) is 3.66. The summed E-state index contributed by atoms with van der Waals surface area (Å²) in [5.41, 5.74) is 2.97. The molecule has 0 amide bonds. The minimum Gasteiger partial charge on any atom is -0.351 e. The average Bonchev–Trinajstić information content (AvgIpc) is 2.95. The fourth-order valence-electron chi connectivity index (χ4n) is 2.67. The summed E-state index contributed by atoms with van der Waals surface area (Å²) in [5.74, 6) is 0. The molecule has 0 spiro atoms. The van der Waals surface area contributed by atoms with Crippen molar-refractivity contribution >= 4 is 11.0 Å². The molecule has 3 rings (SSSR count). The lowest BCUT2D eigenvalue weighted by Crippen LogP contribution is -2.27. The smallest absolute Gasteiger partial charge is 0.153 e. The molecule has 4 heteroatoms. The lowest BCUT2D eigenvalue weighted by atomic mass is 10.1. The highest BCUT2D eigenvalue weighted by Crippen LogP contribution is 2.26. The molecular weight excluding hydrogens is 286 g/mol. The third-order valence-corrected chi connectivity index (χ3v) is 3.66. The molecule has 2 aromatic carbocycles. The molecule has 1 aromatic heterocycles. The highest BCUT2D eigenvalue weighted by atomic mass is 16.5. The number of hydrogen-bond donors (Lipinski definition) is 0. The molecule has 23 heavy (non-hydrogen) atoms. The summed E-state index contributed by atoms with van der Waals surface area (Å²) in [6.07, 6.45) is 1.66. The lowest BCUT2D eigenvalue weighted by molar-refractivity contribution is -0.104. The Labute approximate surface area is 137 Å². The van der Waals surface area contributed by atoms with E-state index in [2.05, 4.69) is 55.3 Å². The van der Waals surface area contributed by atoms with Crippen LogP contribution in [-0.4, -0.2) is 20.6 Å². The van der Waals surface area contributed by atoms with E-state index in [9.17, 15) is 0 Å². The van der Waals surface area contributed by atoms with E-state index in [1.807, 2.05) is 35.0 Å². The molecule has 4 nitrogen and oxygen atoms in total. The molecule has 1 unspecified atom stereocenters. The molecule has 1 heterocycles. The van der Waals surface area contributed by atoms with Gasteiger partial charge in [0.2, 0.25) is 0 Å². The summed E-state index contributed by atoms with van der Waals surface area (Å²) in [6, 6.07) is 18.5. The predicted octanol–water partition coefficient (Wildman–Crippen LogP) is 4.38. The molecule has 0 aliphatic heterocycles. The monoisotopic (exact) mass is 309 g/mol. The first-order valence-electron chi connectivity index (χ1n) is 8.05. The topological polar surface area (TPSA) is 39.9 Å². The Kier molecular flexibility index (Phi) is 4.44. The van der Waals surface area contributed by atoms with Gasteiger partial charge >= 0.3 is 0 Å². The normalized spacial score (nSPS) is 13.3. The SMILES string of the molecule is CC(C)(C)OC(CCc1ccccc1)n1nnc2ccccc21. The Morgan fingerprint density at radius 3 is 2.43 bits per heavy atom. The number of aromatic nitrogens is 3. The van der Waals surface area contributed by atoms with Crippen LogP contribution in [0.5, 0.6) is 0 Å². The molecule has 120 valence electrons. The second-order valence-corrected chi connectivity index (χ2v) is 6.73. The van der Waals surface area contributed by atoms with Gasteiger partial charge in [-0.25, -0.2) is 4.68 Å². The summed E-state index contributed by atoms with van der Waals surface area (Å²) >= 11 is 0. The Morgan fingerprint density at radius 1 is 1.00 bits per heavy atom. The van der Waals surface area contributed by atoms with Crippen molar-refractivity contribution in [2.45, 2.75) is 45.4 Å². The first-order chi connectivity index (χ1) is 11.0. The predicted molar refractivity (Wildman–Crippen MR) is 92.2 cm³/mol. The largest absolute Gasteiger partial charge is 0.351 e. The highest BCUT2D eigenvalue weighted by molar-refractivity contribution is 5.73. The van der Waals surface area contributed by atoms with Crippen LogP contribution in [0, 0.1) is 0 Å². The summed E-state index contributed by atoms with van der Waals surface area (Å²) in [4.78, 5) is 0. The van der Waals surface area contributed by atoms with Crippen molar-refractivity contribution in [2.75, 3.05) is 0 Å². The van der Waals surface area contributed by atoms with E-state index >= 15 is 0 Å². The summed E-state index contributed by atoms with van der Waals surface area (Å²) in [6.45, 7) is 6.21. The van der Waals surface area contributed by atoms with E-state index in [-0.39, 0.29) is 11.8 Å². The molecule has 0 saturated carbocycles. The number of rotatable bonds is 5. The van der Waals surface area contributed by atoms with Crippen LogP contribution in [-0.2, 0) is 11.2 Å². The van der Waals surface area contributed by atoms with E-state index in [1.165, 1.54) is 5.56 Å². The van der Waals surface area contributed by atoms with Gasteiger partial charge in [-0.15, -0.1) is 5.10 Å². The number of fused-ring (bicyclic) bond motifs is 1. The number of nitrogens with zero attached hydrogens (tertiary/aromatic N) is 3. The van der Waals surface area contributed by atoms with Gasteiger partial charge in [-0.05, 0) is 51.3 Å². The maximum absolute atomic E-state index is 6.27. The van der Waals surface area contributed by atoms with Crippen LogP contribution in [0.2, 0.25) is 0 Å². The second kappa shape index (κ2) is 6.50. The number of benzene rings is 2. The van der Waals surface area contributed by atoms with Gasteiger partial charge in [0.15, 0.2) is 6.23 Å². The van der Waals surface area contributed by atoms with E-state index in [4.69, 9.17) is 4.74 Å². The maximum Gasteiger partial charge on any atom is 0.153 e. The number of para-hydroxylation sites is 1. The van der Waals surface area contributed by atoms with E-state index in [0.29, 0.717) is 0 Å². The summed E-state index contributed by atoms with van der Waals surface area (Å²) in [5, 5.41) is 8.59. The number of ether oxygens (including phenoxy) is 1. The van der Waals surface area contributed by atoms with Crippen LogP contribution in [0.1, 0.15) is 39.0 Å². The Hall–Kier alpha value is -2.20. The fourth-order valence-corrected chi connectivity index (χ4v) is 2.67. The Balaban J connectivity index is 1.86. The molecular formula is C19H23N3O. The zero-order valence-electron chi connectivity index (χ0n) is 13.9. The van der Waals surface area contributed by atoms with Crippen LogP contribution in [0.4, 0.5) is 0 Å². The average molecular weight is 309 g/mol. The number of hydrogen-bond acceptors (Lipinski definition) is 3. The third kappa shape index (κ3) is 3.96. The second-order valence-electron chi connectivity index (χ2n) is 6.73. The van der Waals surface area contributed by atoms with Gasteiger partial charge in [-0.3, -0.25) is 0 Å². The summed E-state index contributed by atoms with van der Waals surface area (Å²) < 4.78 is 8.18. The van der Waals surface area contributed by atoms with Crippen molar-refractivity contribution in [3.63, 3.8) is 0 Å². The van der Waals surface area contributed by atoms with E-state index in [1.54, 1.807) is 0 Å². The van der Waals surface area contributed by atoms with Crippen molar-refractivity contribution in [1.82, 2.24) is 15.0 Å². The molecule has 0 aliphatic rings. The maximum atomic E-state index is 6.27.